The number of alkyl halides is 3. The Kier molecular flexibility index (Phi) is 5.12. The van der Waals surface area contributed by atoms with Gasteiger partial charge in [-0.25, -0.2) is 0 Å². The molecule has 112 valence electrons. The summed E-state index contributed by atoms with van der Waals surface area (Å²) >= 11 is 0. The number of nitrogens with one attached hydrogen (secondary N) is 1. The first kappa shape index (κ1) is 16.1. The van der Waals surface area contributed by atoms with E-state index in [1.54, 1.807) is 0 Å². The highest BCUT2D eigenvalue weighted by Gasteiger charge is 2.33. The van der Waals surface area contributed by atoms with Gasteiger partial charge in [-0.05, 0) is 12.8 Å². The molecular weight excluding hydrogens is 293 g/mol. The van der Waals surface area contributed by atoms with E-state index in [1.807, 2.05) is 0 Å². The molecule has 0 unspecified atom stereocenters. The van der Waals surface area contributed by atoms with E-state index < -0.39 is 34.9 Å². The molecule has 19 heavy (non-hydrogen) atoms. The van der Waals surface area contributed by atoms with Crippen molar-refractivity contribution in [3.05, 3.63) is 0 Å². The van der Waals surface area contributed by atoms with Crippen molar-refractivity contribution < 1.29 is 36.3 Å². The molecule has 0 radical (unpaired) electrons. The molecule has 0 bridgehead atoms. The van der Waals surface area contributed by atoms with Crippen LogP contribution in [0.25, 0.3) is 0 Å². The minimum Gasteiger partial charge on any atom is -0.481 e. The molecule has 1 fully saturated rings. The minimum atomic E-state index is -4.64. The topological polar surface area (TPSA) is 95.9 Å². The minimum absolute atomic E-state index is 0.0817. The lowest BCUT2D eigenvalue weighted by Crippen LogP contribution is -2.46. The summed E-state index contributed by atoms with van der Waals surface area (Å²) in [5.41, 5.74) is 0. The maximum Gasteiger partial charge on any atom is 0.413 e. The quantitative estimate of drug-likeness (QED) is 0.703. The van der Waals surface area contributed by atoms with Crippen LogP contribution >= 0.6 is 0 Å². The van der Waals surface area contributed by atoms with E-state index in [-0.39, 0.29) is 25.9 Å². The molecule has 7 nitrogen and oxygen atoms in total. The summed E-state index contributed by atoms with van der Waals surface area (Å²) in [4.78, 5) is 15.9. The number of aliphatic carboxylic acids is 1. The van der Waals surface area contributed by atoms with E-state index in [2.05, 4.69) is 4.84 Å². The van der Waals surface area contributed by atoms with Crippen molar-refractivity contribution in [3.8, 4) is 0 Å². The lowest BCUT2D eigenvalue weighted by molar-refractivity contribution is -0.181. The fourth-order valence-corrected chi connectivity index (χ4v) is 2.59. The highest BCUT2D eigenvalue weighted by atomic mass is 32.2. The molecule has 1 saturated heterocycles. The summed E-state index contributed by atoms with van der Waals surface area (Å²) in [6.45, 7) is -1.90. The Labute approximate surface area is 107 Å². The molecule has 1 aliphatic heterocycles. The maximum absolute atomic E-state index is 11.8. The van der Waals surface area contributed by atoms with Crippen LogP contribution in [0.2, 0.25) is 0 Å². The lowest BCUT2D eigenvalue weighted by Gasteiger charge is -2.28. The highest BCUT2D eigenvalue weighted by molar-refractivity contribution is 7.87. The number of rotatable bonds is 5. The van der Waals surface area contributed by atoms with E-state index >= 15 is 0 Å². The molecule has 0 aromatic heterocycles. The molecule has 11 heteroatoms. The third-order valence-corrected chi connectivity index (χ3v) is 3.92. The lowest BCUT2D eigenvalue weighted by atomic mass is 9.99. The van der Waals surface area contributed by atoms with Crippen LogP contribution in [0.4, 0.5) is 13.2 Å². The summed E-state index contributed by atoms with van der Waals surface area (Å²) in [7, 11) is -4.19. The van der Waals surface area contributed by atoms with Crippen molar-refractivity contribution in [3.63, 3.8) is 0 Å². The molecule has 1 aliphatic rings. The van der Waals surface area contributed by atoms with Crippen LogP contribution in [0.15, 0.2) is 0 Å². The highest BCUT2D eigenvalue weighted by Crippen LogP contribution is 2.19. The van der Waals surface area contributed by atoms with Crippen LogP contribution in [-0.4, -0.2) is 49.7 Å². The van der Waals surface area contributed by atoms with Gasteiger partial charge in [-0.15, -0.1) is 0 Å². The first-order valence-electron chi connectivity index (χ1n) is 5.30. The monoisotopic (exact) mass is 306 g/mol. The average Bonchev–Trinajstić information content (AvgIpc) is 2.27. The van der Waals surface area contributed by atoms with E-state index in [9.17, 15) is 26.4 Å². The number of nitrogens with zero attached hydrogens (tertiary/aromatic N) is 1. The Bertz CT molecular complexity index is 417. The SMILES string of the molecule is O=C(O)C1CCN(S(=O)(=O)NOCC(F)(F)F)CC1. The molecule has 0 atom stereocenters. The number of hydrogen-bond acceptors (Lipinski definition) is 4. The van der Waals surface area contributed by atoms with Crippen LogP contribution in [0.5, 0.6) is 0 Å². The number of halogens is 3. The smallest absolute Gasteiger partial charge is 0.413 e. The molecule has 0 spiro atoms. The van der Waals surface area contributed by atoms with Crippen molar-refractivity contribution in [1.82, 2.24) is 9.19 Å². The van der Waals surface area contributed by atoms with Crippen LogP contribution in [0.1, 0.15) is 12.8 Å². The van der Waals surface area contributed by atoms with Gasteiger partial charge in [0.25, 0.3) is 0 Å². The van der Waals surface area contributed by atoms with E-state index in [4.69, 9.17) is 5.11 Å². The Hall–Kier alpha value is -0.910. The zero-order chi connectivity index (χ0) is 14.7. The van der Waals surface area contributed by atoms with Gasteiger partial charge >= 0.3 is 22.4 Å². The van der Waals surface area contributed by atoms with Gasteiger partial charge in [-0.1, -0.05) is 4.89 Å². The van der Waals surface area contributed by atoms with Gasteiger partial charge in [0.15, 0.2) is 6.61 Å². The molecule has 0 aromatic carbocycles. The molecular formula is C8H13F3N2O5S. The van der Waals surface area contributed by atoms with E-state index in [1.165, 1.54) is 4.89 Å². The number of carboxylic acid groups (broad SMARTS) is 1. The summed E-state index contributed by atoms with van der Waals surface area (Å²) in [5, 5.41) is 8.72. The molecule has 1 heterocycles. The Morgan fingerprint density at radius 2 is 1.89 bits per heavy atom. The van der Waals surface area contributed by atoms with Crippen molar-refractivity contribution in [2.75, 3.05) is 19.7 Å². The second kappa shape index (κ2) is 6.03. The Balaban J connectivity index is 2.45. The number of hydrogen-bond donors (Lipinski definition) is 2. The zero-order valence-electron chi connectivity index (χ0n) is 9.68. The zero-order valence-corrected chi connectivity index (χ0v) is 10.5. The molecule has 0 amide bonds. The standard InChI is InChI=1S/C8H13F3N2O5S/c9-8(10,11)5-18-12-19(16,17)13-3-1-6(2-4-13)7(14)15/h6,12H,1-5H2,(H,14,15). The van der Waals surface area contributed by atoms with Crippen molar-refractivity contribution in [2.24, 2.45) is 5.92 Å². The first-order chi connectivity index (χ1) is 8.62. The van der Waals surface area contributed by atoms with Gasteiger partial charge in [0.1, 0.15) is 0 Å². The average molecular weight is 306 g/mol. The molecule has 1 rings (SSSR count). The fraction of sp³-hybridized carbons (Fsp3) is 0.875. The van der Waals surface area contributed by atoms with Gasteiger partial charge in [-0.3, -0.25) is 9.63 Å². The predicted molar refractivity (Wildman–Crippen MR) is 56.0 cm³/mol. The molecule has 2 N–H and O–H groups in total. The van der Waals surface area contributed by atoms with Gasteiger partial charge in [0.2, 0.25) is 0 Å². The molecule has 0 aliphatic carbocycles. The molecule has 0 aromatic rings. The van der Waals surface area contributed by atoms with Gasteiger partial charge in [-0.2, -0.15) is 25.9 Å². The third-order valence-electron chi connectivity index (χ3n) is 2.54. The summed E-state index contributed by atoms with van der Waals surface area (Å²) < 4.78 is 59.2. The van der Waals surface area contributed by atoms with Gasteiger partial charge in [0, 0.05) is 13.1 Å². The van der Waals surface area contributed by atoms with Crippen molar-refractivity contribution in [1.29, 1.82) is 0 Å². The largest absolute Gasteiger partial charge is 0.481 e. The first-order valence-corrected chi connectivity index (χ1v) is 6.74. The Morgan fingerprint density at radius 3 is 2.32 bits per heavy atom. The van der Waals surface area contributed by atoms with Crippen molar-refractivity contribution in [2.45, 2.75) is 19.0 Å². The van der Waals surface area contributed by atoms with Crippen LogP contribution in [0, 0.1) is 5.92 Å². The summed E-state index contributed by atoms with van der Waals surface area (Å²) in [6, 6.07) is 0. The normalized spacial score (nSPS) is 19.5. The van der Waals surface area contributed by atoms with Crippen molar-refractivity contribution >= 4 is 16.2 Å². The van der Waals surface area contributed by atoms with E-state index in [0.717, 1.165) is 4.31 Å². The van der Waals surface area contributed by atoms with E-state index in [0.29, 0.717) is 0 Å². The maximum atomic E-state index is 11.8. The van der Waals surface area contributed by atoms with Gasteiger partial charge in [0.05, 0.1) is 5.92 Å². The second-order valence-corrected chi connectivity index (χ2v) is 5.64. The second-order valence-electron chi connectivity index (χ2n) is 4.00. The number of carboxylic acids is 1. The number of piperidine rings is 1. The van der Waals surface area contributed by atoms with Crippen LogP contribution in [0.3, 0.4) is 0 Å². The fourth-order valence-electron chi connectivity index (χ4n) is 1.58. The molecule has 0 saturated carbocycles. The predicted octanol–water partition coefficient (Wildman–Crippen LogP) is 0.111. The Morgan fingerprint density at radius 1 is 1.37 bits per heavy atom. The summed E-state index contributed by atoms with van der Waals surface area (Å²) in [5.74, 6) is -1.65. The third kappa shape index (κ3) is 5.30. The van der Waals surface area contributed by atoms with Crippen LogP contribution in [-0.2, 0) is 19.8 Å². The van der Waals surface area contributed by atoms with Gasteiger partial charge < -0.3 is 5.11 Å². The number of carbonyl (C=O) groups is 1. The van der Waals surface area contributed by atoms with Crippen LogP contribution < -0.4 is 4.89 Å². The summed E-state index contributed by atoms with van der Waals surface area (Å²) in [6.07, 6.45) is -4.43.